The number of fused-ring (bicyclic) bond motifs is 1. The van der Waals surface area contributed by atoms with Gasteiger partial charge in [0.15, 0.2) is 0 Å². The van der Waals surface area contributed by atoms with Gasteiger partial charge in [-0.15, -0.1) is 0 Å². The van der Waals surface area contributed by atoms with Gasteiger partial charge in [0.05, 0.1) is 23.3 Å². The smallest absolute Gasteiger partial charge is 0.340 e. The summed E-state index contributed by atoms with van der Waals surface area (Å²) in [5.41, 5.74) is 3.30. The van der Waals surface area contributed by atoms with Crippen LogP contribution >= 0.6 is 0 Å². The molecule has 0 bridgehead atoms. The highest BCUT2D eigenvalue weighted by Crippen LogP contribution is 2.29. The van der Waals surface area contributed by atoms with E-state index in [-0.39, 0.29) is 16.1 Å². The number of hydrogen-bond donors (Lipinski definition) is 1. The van der Waals surface area contributed by atoms with Crippen molar-refractivity contribution in [3.8, 4) is 11.1 Å². The maximum absolute atomic E-state index is 13.1. The van der Waals surface area contributed by atoms with E-state index in [2.05, 4.69) is 23.8 Å². The van der Waals surface area contributed by atoms with E-state index in [0.717, 1.165) is 34.7 Å². The van der Waals surface area contributed by atoms with Crippen molar-refractivity contribution in [3.63, 3.8) is 0 Å². The van der Waals surface area contributed by atoms with E-state index in [0.29, 0.717) is 0 Å². The number of aryl methyl sites for hydroxylation is 1. The van der Waals surface area contributed by atoms with E-state index in [1.54, 1.807) is 36.4 Å². The van der Waals surface area contributed by atoms with Crippen LogP contribution in [0.15, 0.2) is 89.8 Å². The van der Waals surface area contributed by atoms with Crippen molar-refractivity contribution in [3.05, 3.63) is 96.1 Å². The van der Waals surface area contributed by atoms with Crippen LogP contribution in [-0.2, 0) is 21.2 Å². The topological polar surface area (TPSA) is 72.5 Å². The second-order valence-corrected chi connectivity index (χ2v) is 9.50. The molecule has 1 N–H and O–H groups in total. The van der Waals surface area contributed by atoms with Gasteiger partial charge in [-0.2, -0.15) is 0 Å². The number of rotatable bonds is 7. The van der Waals surface area contributed by atoms with Crippen molar-refractivity contribution < 1.29 is 17.9 Å². The summed E-state index contributed by atoms with van der Waals surface area (Å²) in [6.45, 7) is 2.13. The molecular weight excluding hydrogens is 434 g/mol. The minimum atomic E-state index is -3.92. The van der Waals surface area contributed by atoms with Crippen molar-refractivity contribution >= 4 is 32.5 Å². The summed E-state index contributed by atoms with van der Waals surface area (Å²) < 4.78 is 33.7. The zero-order valence-electron chi connectivity index (χ0n) is 18.5. The minimum Gasteiger partial charge on any atom is -0.465 e. The fraction of sp³-hybridized carbons (Fsp3) is 0.148. The number of sulfonamides is 1. The zero-order valence-corrected chi connectivity index (χ0v) is 19.4. The third-order valence-corrected chi connectivity index (χ3v) is 6.89. The number of hydrogen-bond acceptors (Lipinski definition) is 4. The number of ether oxygens (including phenoxy) is 1. The Labute approximate surface area is 194 Å². The lowest BCUT2D eigenvalue weighted by Crippen LogP contribution is -2.16. The van der Waals surface area contributed by atoms with E-state index in [1.165, 1.54) is 12.7 Å². The van der Waals surface area contributed by atoms with Gasteiger partial charge in [0.2, 0.25) is 0 Å². The van der Waals surface area contributed by atoms with Crippen LogP contribution in [0.25, 0.3) is 21.9 Å². The van der Waals surface area contributed by atoms with Crippen molar-refractivity contribution in [1.29, 1.82) is 0 Å². The fourth-order valence-corrected chi connectivity index (χ4v) is 4.90. The first-order valence-corrected chi connectivity index (χ1v) is 12.2. The molecular formula is C27H25NO4S. The van der Waals surface area contributed by atoms with Gasteiger partial charge in [-0.05, 0) is 58.1 Å². The highest BCUT2D eigenvalue weighted by Gasteiger charge is 2.20. The standard InChI is InChI=1S/C27H25NO4S/c1-3-6-19-9-11-21(12-10-19)23-14-16-26(25(18-23)27(29)32-2)28-33(30,31)24-15-13-20-7-4-5-8-22(20)17-24/h4-5,7-18,28H,3,6H2,1-2H3. The summed E-state index contributed by atoms with van der Waals surface area (Å²) in [5, 5.41) is 1.76. The number of anilines is 1. The number of benzene rings is 4. The van der Waals surface area contributed by atoms with Gasteiger partial charge >= 0.3 is 5.97 Å². The van der Waals surface area contributed by atoms with Gasteiger partial charge in [0, 0.05) is 0 Å². The Balaban J connectivity index is 1.69. The molecule has 6 heteroatoms. The summed E-state index contributed by atoms with van der Waals surface area (Å²) in [5.74, 6) is -0.615. The van der Waals surface area contributed by atoms with Crippen LogP contribution in [0.2, 0.25) is 0 Å². The molecule has 0 aliphatic heterocycles. The number of methoxy groups -OCH3 is 1. The SMILES string of the molecule is CCCc1ccc(-c2ccc(NS(=O)(=O)c3ccc4ccccc4c3)c(C(=O)OC)c2)cc1. The van der Waals surface area contributed by atoms with Crippen LogP contribution in [-0.4, -0.2) is 21.5 Å². The van der Waals surface area contributed by atoms with Crippen molar-refractivity contribution in [2.75, 3.05) is 11.8 Å². The van der Waals surface area contributed by atoms with Crippen LogP contribution in [0.4, 0.5) is 5.69 Å². The van der Waals surface area contributed by atoms with Crippen molar-refractivity contribution in [1.82, 2.24) is 0 Å². The Morgan fingerprint density at radius 2 is 1.55 bits per heavy atom. The van der Waals surface area contributed by atoms with Crippen molar-refractivity contribution in [2.24, 2.45) is 0 Å². The zero-order chi connectivity index (χ0) is 23.4. The molecule has 0 spiro atoms. The Bertz CT molecular complexity index is 1410. The molecule has 0 atom stereocenters. The molecule has 168 valence electrons. The normalized spacial score (nSPS) is 11.3. The van der Waals surface area contributed by atoms with Crippen molar-refractivity contribution in [2.45, 2.75) is 24.7 Å². The van der Waals surface area contributed by atoms with Crippen LogP contribution in [0.1, 0.15) is 29.3 Å². The van der Waals surface area contributed by atoms with E-state index < -0.39 is 16.0 Å². The largest absolute Gasteiger partial charge is 0.465 e. The van der Waals surface area contributed by atoms with E-state index in [9.17, 15) is 13.2 Å². The lowest BCUT2D eigenvalue weighted by molar-refractivity contribution is 0.0602. The maximum Gasteiger partial charge on any atom is 0.340 e. The Morgan fingerprint density at radius 3 is 2.24 bits per heavy atom. The summed E-state index contributed by atoms with van der Waals surface area (Å²) >= 11 is 0. The molecule has 0 amide bonds. The van der Waals surface area contributed by atoms with Gasteiger partial charge in [-0.1, -0.05) is 74.0 Å². The molecule has 33 heavy (non-hydrogen) atoms. The average molecular weight is 460 g/mol. The predicted molar refractivity (Wildman–Crippen MR) is 132 cm³/mol. The van der Waals surface area contributed by atoms with E-state index >= 15 is 0 Å². The number of nitrogens with one attached hydrogen (secondary N) is 1. The van der Waals surface area contributed by atoms with Gasteiger partial charge in [-0.25, -0.2) is 13.2 Å². The molecule has 0 saturated carbocycles. The van der Waals surface area contributed by atoms with Crippen LogP contribution < -0.4 is 4.72 Å². The summed E-state index contributed by atoms with van der Waals surface area (Å²) in [6.07, 6.45) is 2.07. The number of carbonyl (C=O) groups is 1. The maximum atomic E-state index is 13.1. The molecule has 0 unspecified atom stereocenters. The summed E-state index contributed by atoms with van der Waals surface area (Å²) in [4.78, 5) is 12.6. The molecule has 0 aliphatic rings. The summed E-state index contributed by atoms with van der Waals surface area (Å²) in [7, 11) is -2.64. The van der Waals surface area contributed by atoms with E-state index in [1.807, 2.05) is 36.4 Å². The third-order valence-electron chi connectivity index (χ3n) is 5.53. The molecule has 0 aliphatic carbocycles. The summed E-state index contributed by atoms with van der Waals surface area (Å²) in [6, 6.07) is 25.6. The lowest BCUT2D eigenvalue weighted by Gasteiger charge is -2.14. The van der Waals surface area contributed by atoms with Gasteiger partial charge < -0.3 is 4.74 Å². The minimum absolute atomic E-state index is 0.118. The highest BCUT2D eigenvalue weighted by molar-refractivity contribution is 7.92. The molecule has 5 nitrogen and oxygen atoms in total. The van der Waals surface area contributed by atoms with Gasteiger partial charge in [0.25, 0.3) is 10.0 Å². The molecule has 0 aromatic heterocycles. The highest BCUT2D eigenvalue weighted by atomic mass is 32.2. The molecule has 0 radical (unpaired) electrons. The third kappa shape index (κ3) is 4.91. The molecule has 4 aromatic rings. The molecule has 4 aromatic carbocycles. The van der Waals surface area contributed by atoms with Crippen LogP contribution in [0.3, 0.4) is 0 Å². The first-order chi connectivity index (χ1) is 15.9. The second-order valence-electron chi connectivity index (χ2n) is 7.81. The monoisotopic (exact) mass is 459 g/mol. The van der Waals surface area contributed by atoms with Crippen LogP contribution in [0.5, 0.6) is 0 Å². The molecule has 4 rings (SSSR count). The Morgan fingerprint density at radius 1 is 0.848 bits per heavy atom. The number of esters is 1. The first kappa shape index (κ1) is 22.6. The molecule has 0 saturated heterocycles. The Kier molecular flexibility index (Phi) is 6.47. The average Bonchev–Trinajstić information content (AvgIpc) is 2.84. The molecule has 0 heterocycles. The lowest BCUT2D eigenvalue weighted by atomic mass is 10.00. The quantitative estimate of drug-likeness (QED) is 0.342. The van der Waals surface area contributed by atoms with Gasteiger partial charge in [-0.3, -0.25) is 4.72 Å². The second kappa shape index (κ2) is 9.46. The fourth-order valence-electron chi connectivity index (χ4n) is 3.78. The van der Waals surface area contributed by atoms with Crippen LogP contribution in [0, 0.1) is 0 Å². The Hall–Kier alpha value is -3.64. The first-order valence-electron chi connectivity index (χ1n) is 10.7. The van der Waals surface area contributed by atoms with E-state index in [4.69, 9.17) is 4.74 Å². The predicted octanol–water partition coefficient (Wildman–Crippen LogP) is 6.05. The molecule has 0 fully saturated rings. The van der Waals surface area contributed by atoms with Gasteiger partial charge in [0.1, 0.15) is 0 Å². The number of carbonyl (C=O) groups excluding carboxylic acids is 1.